The lowest BCUT2D eigenvalue weighted by atomic mass is 10.1. The number of nitriles is 1. The molecule has 2 N–H and O–H groups in total. The third kappa shape index (κ3) is 5.40. The van der Waals surface area contributed by atoms with Gasteiger partial charge in [0.15, 0.2) is 0 Å². The first kappa shape index (κ1) is 24.0. The van der Waals surface area contributed by atoms with Crippen LogP contribution < -0.4 is 15.4 Å². The van der Waals surface area contributed by atoms with Gasteiger partial charge in [0.25, 0.3) is 0 Å². The number of hydrogen-bond acceptors (Lipinski definition) is 7. The molecule has 1 aromatic heterocycles. The summed E-state index contributed by atoms with van der Waals surface area (Å²) in [5, 5.41) is 16.8. The van der Waals surface area contributed by atoms with Crippen LogP contribution in [0.15, 0.2) is 48.7 Å². The summed E-state index contributed by atoms with van der Waals surface area (Å²) < 4.78 is 19.4. The van der Waals surface area contributed by atoms with Crippen molar-refractivity contribution in [1.29, 1.82) is 5.26 Å². The highest BCUT2D eigenvalue weighted by Crippen LogP contribution is 2.38. The molecule has 0 amide bonds. The number of fused-ring (bicyclic) bond motifs is 1. The number of benzene rings is 2. The predicted molar refractivity (Wildman–Crippen MR) is 129 cm³/mol. The van der Waals surface area contributed by atoms with E-state index in [-0.39, 0.29) is 11.2 Å². The molecule has 1 heterocycles. The number of ether oxygens (including phenoxy) is 1. The molecule has 170 valence electrons. The number of aromatic nitrogens is 1. The molecule has 0 saturated carbocycles. The maximum atomic E-state index is 13.6. The van der Waals surface area contributed by atoms with Gasteiger partial charge in [-0.15, -0.1) is 0 Å². The van der Waals surface area contributed by atoms with Crippen molar-refractivity contribution in [2.75, 3.05) is 31.3 Å². The van der Waals surface area contributed by atoms with E-state index in [1.54, 1.807) is 18.2 Å². The average molecular weight is 468 g/mol. The van der Waals surface area contributed by atoms with E-state index in [0.717, 1.165) is 0 Å². The smallest absolute Gasteiger partial charge is 0.144 e. The van der Waals surface area contributed by atoms with Crippen molar-refractivity contribution in [2.45, 2.75) is 13.1 Å². The summed E-state index contributed by atoms with van der Waals surface area (Å²) in [4.78, 5) is 17.3. The van der Waals surface area contributed by atoms with E-state index >= 15 is 0 Å². The van der Waals surface area contributed by atoms with Crippen LogP contribution >= 0.6 is 11.6 Å². The molecule has 0 bridgehead atoms. The molecule has 0 saturated heterocycles. The molecule has 2 aromatic carbocycles. The van der Waals surface area contributed by atoms with Crippen molar-refractivity contribution in [1.82, 2.24) is 9.88 Å². The lowest BCUT2D eigenvalue weighted by Gasteiger charge is -2.25. The Bertz CT molecular complexity index is 1240. The first-order chi connectivity index (χ1) is 15.9. The van der Waals surface area contributed by atoms with Crippen LogP contribution in [0.2, 0.25) is 5.02 Å². The molecule has 0 aliphatic heterocycles. The van der Waals surface area contributed by atoms with Gasteiger partial charge in [-0.3, -0.25) is 14.7 Å². The Labute approximate surface area is 196 Å². The van der Waals surface area contributed by atoms with E-state index in [1.807, 2.05) is 25.9 Å². The molecular formula is C24H23ClFN5O2. The van der Waals surface area contributed by atoms with Crippen LogP contribution in [0.3, 0.4) is 0 Å². The van der Waals surface area contributed by atoms with E-state index < -0.39 is 5.82 Å². The molecule has 0 spiro atoms. The van der Waals surface area contributed by atoms with E-state index in [9.17, 15) is 14.4 Å². The van der Waals surface area contributed by atoms with Gasteiger partial charge in [-0.25, -0.2) is 4.39 Å². The van der Waals surface area contributed by atoms with Crippen molar-refractivity contribution >= 4 is 45.9 Å². The summed E-state index contributed by atoms with van der Waals surface area (Å²) >= 11 is 5.93. The van der Waals surface area contributed by atoms with Gasteiger partial charge in [-0.2, -0.15) is 5.26 Å². The zero-order valence-corrected chi connectivity index (χ0v) is 19.2. The zero-order valence-electron chi connectivity index (χ0n) is 18.4. The average Bonchev–Trinajstić information content (AvgIpc) is 2.80. The lowest BCUT2D eigenvalue weighted by molar-refractivity contribution is -0.104. The second kappa shape index (κ2) is 10.8. The third-order valence-electron chi connectivity index (χ3n) is 4.83. The number of carbonyl (C=O) groups excluding carboxylic acids is 1. The van der Waals surface area contributed by atoms with Gasteiger partial charge in [-0.05, 0) is 63.5 Å². The van der Waals surface area contributed by atoms with Crippen LogP contribution in [0.4, 0.5) is 21.5 Å². The number of nitrogens with zero attached hydrogens (tertiary/aromatic N) is 3. The molecule has 0 fully saturated rings. The van der Waals surface area contributed by atoms with Gasteiger partial charge in [0.05, 0.1) is 34.6 Å². The normalized spacial score (nSPS) is 12.0. The summed E-state index contributed by atoms with van der Waals surface area (Å²) in [6, 6.07) is 9.97. The number of halogens is 2. The monoisotopic (exact) mass is 467 g/mol. The van der Waals surface area contributed by atoms with Gasteiger partial charge < -0.3 is 15.4 Å². The molecule has 3 aromatic rings. The summed E-state index contributed by atoms with van der Waals surface area (Å²) in [5.41, 5.74) is 2.49. The fourth-order valence-corrected chi connectivity index (χ4v) is 3.43. The second-order valence-electron chi connectivity index (χ2n) is 7.25. The van der Waals surface area contributed by atoms with Crippen LogP contribution in [-0.4, -0.2) is 43.0 Å². The Morgan fingerprint density at radius 3 is 2.73 bits per heavy atom. The number of likely N-dealkylation sites (N-methyl/N-ethyl adjacent to an activating group) is 1. The molecule has 0 aliphatic carbocycles. The van der Waals surface area contributed by atoms with Gasteiger partial charge in [0, 0.05) is 17.3 Å². The summed E-state index contributed by atoms with van der Waals surface area (Å²) in [6.45, 7) is 2.31. The van der Waals surface area contributed by atoms with Crippen LogP contribution in [0.1, 0.15) is 12.5 Å². The van der Waals surface area contributed by atoms with Crippen molar-refractivity contribution in [3.05, 3.63) is 65.1 Å². The molecular weight excluding hydrogens is 445 g/mol. The van der Waals surface area contributed by atoms with Crippen molar-refractivity contribution in [3.8, 4) is 11.8 Å². The SMILES string of the molecule is CCOc1ccc2c(Nc3ccc(F)c(Cl)c3)c(C#N)cnc2c1NC(C=CC=O)N(C)C. The summed E-state index contributed by atoms with van der Waals surface area (Å²) in [5.74, 6) is 0.0394. The number of aldehydes is 1. The first-order valence-electron chi connectivity index (χ1n) is 10.1. The van der Waals surface area contributed by atoms with Crippen LogP contribution in [-0.2, 0) is 4.79 Å². The van der Waals surface area contributed by atoms with Gasteiger partial charge in [-0.1, -0.05) is 11.6 Å². The Balaban J connectivity index is 2.19. The summed E-state index contributed by atoms with van der Waals surface area (Å²) in [7, 11) is 3.73. The number of pyridine rings is 1. The Kier molecular flexibility index (Phi) is 7.83. The molecule has 0 radical (unpaired) electrons. The number of anilines is 3. The number of allylic oxidation sites excluding steroid dienone is 1. The van der Waals surface area contributed by atoms with Crippen molar-refractivity contribution in [2.24, 2.45) is 0 Å². The number of hydrogen-bond donors (Lipinski definition) is 2. The summed E-state index contributed by atoms with van der Waals surface area (Å²) in [6.07, 6.45) is 4.96. The number of rotatable bonds is 9. The highest BCUT2D eigenvalue weighted by Gasteiger charge is 2.19. The molecule has 9 heteroatoms. The van der Waals surface area contributed by atoms with E-state index in [4.69, 9.17) is 16.3 Å². The van der Waals surface area contributed by atoms with Crippen molar-refractivity contribution < 1.29 is 13.9 Å². The van der Waals surface area contributed by atoms with Crippen molar-refractivity contribution in [3.63, 3.8) is 0 Å². The number of carbonyl (C=O) groups is 1. The Hall–Kier alpha value is -3.67. The molecule has 0 aliphatic rings. The molecule has 3 rings (SSSR count). The molecule has 33 heavy (non-hydrogen) atoms. The number of nitrogens with one attached hydrogen (secondary N) is 2. The van der Waals surface area contributed by atoms with Crippen LogP contribution in [0.25, 0.3) is 10.9 Å². The van der Waals surface area contributed by atoms with Gasteiger partial charge >= 0.3 is 0 Å². The fourth-order valence-electron chi connectivity index (χ4n) is 3.25. The topological polar surface area (TPSA) is 90.3 Å². The standard InChI is InChI=1S/C24H23ClFN5O2/c1-4-33-20-10-8-17-22(29-16-7-9-19(26)18(25)12-16)15(13-27)14-28-23(17)24(20)30-21(31(2)3)6-5-11-32/h5-12,14,21,30H,4H2,1-3H3,(H,28,29). The zero-order chi connectivity index (χ0) is 24.0. The van der Waals surface area contributed by atoms with E-state index in [0.29, 0.717) is 52.2 Å². The highest BCUT2D eigenvalue weighted by molar-refractivity contribution is 6.31. The molecule has 7 nitrogen and oxygen atoms in total. The van der Waals surface area contributed by atoms with E-state index in [2.05, 4.69) is 21.7 Å². The molecule has 1 atom stereocenters. The predicted octanol–water partition coefficient (Wildman–Crippen LogP) is 5.10. The largest absolute Gasteiger partial charge is 0.492 e. The first-order valence-corrected chi connectivity index (χ1v) is 10.5. The fraction of sp³-hybridized carbons (Fsp3) is 0.208. The minimum atomic E-state index is -0.534. The second-order valence-corrected chi connectivity index (χ2v) is 7.66. The minimum Gasteiger partial charge on any atom is -0.492 e. The maximum Gasteiger partial charge on any atom is 0.144 e. The van der Waals surface area contributed by atoms with E-state index in [1.165, 1.54) is 30.5 Å². The quantitative estimate of drug-likeness (QED) is 0.257. The van der Waals surface area contributed by atoms with Gasteiger partial charge in [0.2, 0.25) is 0 Å². The van der Waals surface area contributed by atoms with Crippen LogP contribution in [0, 0.1) is 17.1 Å². The maximum absolute atomic E-state index is 13.6. The molecule has 1 unspecified atom stereocenters. The van der Waals surface area contributed by atoms with Crippen LogP contribution in [0.5, 0.6) is 5.75 Å². The lowest BCUT2D eigenvalue weighted by Crippen LogP contribution is -2.33. The Morgan fingerprint density at radius 2 is 2.09 bits per heavy atom. The Morgan fingerprint density at radius 1 is 1.30 bits per heavy atom. The van der Waals surface area contributed by atoms with Gasteiger partial charge in [0.1, 0.15) is 29.6 Å². The third-order valence-corrected chi connectivity index (χ3v) is 5.12. The minimum absolute atomic E-state index is 0.0337. The highest BCUT2D eigenvalue weighted by atomic mass is 35.5.